The molecule has 0 aromatic heterocycles. The normalized spacial score (nSPS) is 28.3. The van der Waals surface area contributed by atoms with Crippen molar-refractivity contribution in [3.8, 4) is 0 Å². The topological polar surface area (TPSA) is 144 Å². The van der Waals surface area contributed by atoms with Crippen LogP contribution in [0.15, 0.2) is 60.7 Å². The van der Waals surface area contributed by atoms with E-state index in [2.05, 4.69) is 178 Å². The molecule has 10 N–H and O–H groups in total. The van der Waals surface area contributed by atoms with Gasteiger partial charge in [0.2, 0.25) is 0 Å². The second kappa shape index (κ2) is 25.5. The molecular formula is C54H89N13OS4Si+4. The predicted octanol–water partition coefficient (Wildman–Crippen LogP) is 1.82. The summed E-state index contributed by atoms with van der Waals surface area (Å²) in [5, 5.41) is 34.0. The first-order valence-electron chi connectivity index (χ1n) is 28.0. The number of benzene rings is 2. The molecule has 0 unspecified atom stereocenters. The highest BCUT2D eigenvalue weighted by molar-refractivity contribution is 8.00. The van der Waals surface area contributed by atoms with Gasteiger partial charge in [0.25, 0.3) is 8.32 Å². The minimum Gasteiger partial charge on any atom is -0.404 e. The van der Waals surface area contributed by atoms with Gasteiger partial charge in [-0.25, -0.2) is 0 Å². The monoisotopic (exact) mass is 1090 g/mol. The molecule has 0 amide bonds. The van der Waals surface area contributed by atoms with Gasteiger partial charge in [-0.3, -0.25) is 60.8 Å². The maximum Gasteiger partial charge on any atom is 0.346 e. The minimum absolute atomic E-state index is 0.0287. The van der Waals surface area contributed by atoms with Crippen LogP contribution in [0.1, 0.15) is 72.1 Å². The third-order valence-electron chi connectivity index (χ3n) is 16.4. The largest absolute Gasteiger partial charge is 0.404 e. The molecule has 10 rings (SSSR count). The van der Waals surface area contributed by atoms with E-state index in [-0.39, 0.29) is 11.1 Å². The first kappa shape index (κ1) is 53.5. The number of rotatable bonds is 21. The highest BCUT2D eigenvalue weighted by Gasteiger charge is 2.51. The second-order valence-corrected chi connectivity index (χ2v) is 31.5. The number of nitrogens with two attached hydrogens (primary N) is 1. The molecule has 2 aromatic rings. The first-order valence-corrected chi connectivity index (χ1v) is 34.6. The predicted molar refractivity (Wildman–Crippen MR) is 314 cm³/mol. The Morgan fingerprint density at radius 2 is 0.712 bits per heavy atom. The maximum absolute atomic E-state index is 7.37. The molecule has 0 radical (unpaired) electrons. The van der Waals surface area contributed by atoms with Gasteiger partial charge >= 0.3 is 23.8 Å². The molecule has 14 nitrogen and oxygen atoms in total. The zero-order valence-electron chi connectivity index (χ0n) is 44.2. The molecule has 0 saturated heterocycles. The molecule has 400 valence electrons. The molecule has 0 bridgehead atoms. The lowest BCUT2D eigenvalue weighted by molar-refractivity contribution is -0.542. The summed E-state index contributed by atoms with van der Waals surface area (Å²) >= 11 is 8.34. The highest BCUT2D eigenvalue weighted by atomic mass is 32.2. The zero-order valence-corrected chi connectivity index (χ0v) is 48.5. The third kappa shape index (κ3) is 13.6. The van der Waals surface area contributed by atoms with Crippen molar-refractivity contribution < 1.29 is 22.7 Å². The molecule has 0 saturated carbocycles. The van der Waals surface area contributed by atoms with Crippen molar-refractivity contribution >= 4 is 89.6 Å². The van der Waals surface area contributed by atoms with Crippen molar-refractivity contribution in [2.45, 2.75) is 126 Å². The van der Waals surface area contributed by atoms with Gasteiger partial charge in [0.1, 0.15) is 0 Å². The summed E-state index contributed by atoms with van der Waals surface area (Å²) < 4.78 is 17.5. The van der Waals surface area contributed by atoms with Crippen LogP contribution in [0, 0.1) is 0 Å². The Labute approximate surface area is 455 Å². The van der Waals surface area contributed by atoms with E-state index in [0.29, 0.717) is 48.9 Å². The fourth-order valence-electron chi connectivity index (χ4n) is 12.2. The molecular weight excluding hydrogens is 1000 g/mol. The standard InChI is InChI=1S/C54H85N13OS4Si/c1-54(2,3)73(48-10-6-4-7-11-48,49-12-8-5-9-13-49)68-32-40-14-23-64-25-16-42(58-50(64)56-40)34-70-36-44-18-27-66-29-20-46(62-52(66)60-44)38-72-39-47-21-30-67-28-19-45(61-53(67)63-47)37-71-35-43-17-26-65-24-15-41(33-69-31-22-55)57-51(65)59-43/h4-13,40-47H,14-39,55H2,1-3H3,(H4,56,57,58,59,60,61,62,63)/p+4/t40-,41-,42-,43-,44-,45-,46-,47-/m1/s1. The third-order valence-corrected chi connectivity index (χ3v) is 26.4. The molecule has 8 atom stereocenters. The average Bonchev–Trinajstić information content (AvgIpc) is 3.41. The molecule has 73 heavy (non-hydrogen) atoms. The molecule has 0 aliphatic carbocycles. The molecule has 0 fully saturated rings. The van der Waals surface area contributed by atoms with Crippen molar-refractivity contribution in [2.24, 2.45) is 5.73 Å². The smallest absolute Gasteiger partial charge is 0.346 e. The van der Waals surface area contributed by atoms with Gasteiger partial charge in [-0.15, -0.1) is 0 Å². The van der Waals surface area contributed by atoms with E-state index in [1.165, 1.54) is 79.2 Å². The Morgan fingerprint density at radius 1 is 0.438 bits per heavy atom. The summed E-state index contributed by atoms with van der Waals surface area (Å²) in [7, 11) is -2.59. The molecule has 8 heterocycles. The van der Waals surface area contributed by atoms with Crippen LogP contribution in [-0.2, 0) is 4.43 Å². The van der Waals surface area contributed by atoms with Gasteiger partial charge in [-0.2, -0.15) is 47.0 Å². The number of nitrogens with zero attached hydrogens (tertiary/aromatic N) is 4. The summed E-state index contributed by atoms with van der Waals surface area (Å²) in [6.07, 6.45) is 9.57. The highest BCUT2D eigenvalue weighted by Crippen LogP contribution is 2.37. The van der Waals surface area contributed by atoms with Gasteiger partial charge in [-0.05, 0) is 15.4 Å². The number of thioether (sulfide) groups is 4. The van der Waals surface area contributed by atoms with E-state index in [1.807, 2.05) is 11.8 Å². The molecule has 2 aromatic carbocycles. The Hall–Kier alpha value is -2.94. The van der Waals surface area contributed by atoms with Crippen molar-refractivity contribution in [1.82, 2.24) is 42.5 Å². The first-order chi connectivity index (χ1) is 35.7. The second-order valence-electron chi connectivity index (χ2n) is 22.8. The summed E-state index contributed by atoms with van der Waals surface area (Å²) in [6, 6.07) is 26.0. The van der Waals surface area contributed by atoms with E-state index in [4.69, 9.17) is 10.2 Å². The van der Waals surface area contributed by atoms with Crippen LogP contribution >= 0.6 is 47.0 Å². The summed E-state index contributed by atoms with van der Waals surface area (Å²) in [6.45, 7) is 17.7. The number of hydrogen-bond acceptors (Lipinski definition) is 14. The van der Waals surface area contributed by atoms with Gasteiger partial charge in [-0.1, -0.05) is 81.4 Å². The zero-order chi connectivity index (χ0) is 50.0. The molecule has 0 spiro atoms. The van der Waals surface area contributed by atoms with E-state index >= 15 is 0 Å². The lowest BCUT2D eigenvalue weighted by atomic mass is 10.1. The van der Waals surface area contributed by atoms with E-state index < -0.39 is 8.32 Å². The van der Waals surface area contributed by atoms with E-state index in [0.717, 1.165) is 111 Å². The SMILES string of the molecule is CC(C)(C)[Si](OC[C@H]1CC[N+]2=C(N1)N[C@@H](CSC[C@H]1CC[N+]3=C(N1)N[C@@H](CSC[C@H]1CC[N+]4=C(N[C@@H](CSC[C@H]5CC[N+]6=C(N[C@@H](CSCCN)CC6)N5)CC4)N1)CC3)CC2)(c1ccccc1)c1ccccc1. The van der Waals surface area contributed by atoms with Crippen molar-refractivity contribution in [3.63, 3.8) is 0 Å². The summed E-state index contributed by atoms with van der Waals surface area (Å²) in [5.41, 5.74) is 5.73. The van der Waals surface area contributed by atoms with Crippen molar-refractivity contribution in [1.29, 1.82) is 0 Å². The lowest BCUT2D eigenvalue weighted by Gasteiger charge is -2.44. The van der Waals surface area contributed by atoms with E-state index in [1.54, 1.807) is 0 Å². The summed E-state index contributed by atoms with van der Waals surface area (Å²) in [4.78, 5) is 0. The Kier molecular flexibility index (Phi) is 18.7. The lowest BCUT2D eigenvalue weighted by Crippen LogP contribution is -2.68. The van der Waals surface area contributed by atoms with Gasteiger partial charge in [0.05, 0.1) is 107 Å². The van der Waals surface area contributed by atoms with Crippen molar-refractivity contribution in [3.05, 3.63) is 60.7 Å². The van der Waals surface area contributed by atoms with Crippen LogP contribution in [-0.4, -0.2) is 210 Å². The van der Waals surface area contributed by atoms with Crippen LogP contribution in [0.5, 0.6) is 0 Å². The molecule has 8 aliphatic heterocycles. The Morgan fingerprint density at radius 3 is 1.00 bits per heavy atom. The van der Waals surface area contributed by atoms with Crippen LogP contribution in [0.4, 0.5) is 0 Å². The van der Waals surface area contributed by atoms with Crippen molar-refractivity contribution in [2.75, 3.05) is 112 Å². The quantitative estimate of drug-likeness (QED) is 0.0510. The molecule has 8 aliphatic rings. The number of hydrogen-bond donors (Lipinski definition) is 9. The van der Waals surface area contributed by atoms with Gasteiger partial charge < -0.3 is 10.2 Å². The van der Waals surface area contributed by atoms with Crippen LogP contribution in [0.2, 0.25) is 5.04 Å². The van der Waals surface area contributed by atoms with Crippen LogP contribution < -0.4 is 58.6 Å². The van der Waals surface area contributed by atoms with E-state index in [9.17, 15) is 0 Å². The van der Waals surface area contributed by atoms with Gasteiger partial charge in [0.15, 0.2) is 0 Å². The van der Waals surface area contributed by atoms with Crippen LogP contribution in [0.25, 0.3) is 0 Å². The Bertz CT molecular complexity index is 2230. The van der Waals surface area contributed by atoms with Crippen LogP contribution in [0.3, 0.4) is 0 Å². The fraction of sp³-hybridized carbons (Fsp3) is 0.704. The van der Waals surface area contributed by atoms with Gasteiger partial charge in [0, 0.05) is 104 Å². The minimum atomic E-state index is -2.59. The average molecular weight is 1090 g/mol. The molecule has 19 heteroatoms. The summed E-state index contributed by atoms with van der Waals surface area (Å²) in [5.74, 6) is 14.1. The fourth-order valence-corrected chi connectivity index (χ4v) is 21.3. The maximum atomic E-state index is 7.37. The number of guanidine groups is 4. The number of nitrogens with one attached hydrogen (secondary N) is 8. The Balaban J connectivity index is 0.612.